The molecule has 3 aromatic carbocycles. The Kier molecular flexibility index (Phi) is 6.50. The maximum absolute atomic E-state index is 12.6. The number of ether oxygens (including phenoxy) is 1. The maximum Gasteiger partial charge on any atom is 0.422 e. The Labute approximate surface area is 176 Å². The summed E-state index contributed by atoms with van der Waals surface area (Å²) in [6.45, 7) is -1.44. The molecule has 31 heavy (non-hydrogen) atoms. The van der Waals surface area contributed by atoms with Gasteiger partial charge in [0.15, 0.2) is 6.61 Å². The number of sulfonamides is 1. The number of amides is 1. The van der Waals surface area contributed by atoms with E-state index in [9.17, 15) is 26.4 Å². The van der Waals surface area contributed by atoms with Crippen molar-refractivity contribution in [1.29, 1.82) is 0 Å². The number of hydrogen-bond acceptors (Lipinski definition) is 4. The largest absolute Gasteiger partial charge is 0.484 e. The molecule has 0 atom stereocenters. The lowest BCUT2D eigenvalue weighted by atomic mass is 10.2. The van der Waals surface area contributed by atoms with Crippen LogP contribution in [0.5, 0.6) is 5.75 Å². The third-order valence-corrected chi connectivity index (χ3v) is 5.37. The van der Waals surface area contributed by atoms with E-state index in [0.717, 1.165) is 0 Å². The SMILES string of the molecule is O=C(Nc1ccccc1NS(=O)(=O)c1ccccc1)c1ccc(OCC(F)(F)F)cc1. The van der Waals surface area contributed by atoms with Gasteiger partial charge in [0.1, 0.15) is 5.75 Å². The summed E-state index contributed by atoms with van der Waals surface area (Å²) in [5.74, 6) is -0.612. The van der Waals surface area contributed by atoms with Crippen molar-refractivity contribution in [1.82, 2.24) is 0 Å². The van der Waals surface area contributed by atoms with Crippen molar-refractivity contribution in [3.63, 3.8) is 0 Å². The standard InChI is InChI=1S/C21H17F3N2O4S/c22-21(23,24)14-30-16-12-10-15(11-13-16)20(27)25-18-8-4-5-9-19(18)26-31(28,29)17-6-2-1-3-7-17/h1-13,26H,14H2,(H,25,27). The van der Waals surface area contributed by atoms with Gasteiger partial charge >= 0.3 is 6.18 Å². The Morgan fingerprint density at radius 3 is 2.03 bits per heavy atom. The van der Waals surface area contributed by atoms with E-state index >= 15 is 0 Å². The minimum Gasteiger partial charge on any atom is -0.484 e. The highest BCUT2D eigenvalue weighted by molar-refractivity contribution is 7.92. The third-order valence-electron chi connectivity index (χ3n) is 3.99. The van der Waals surface area contributed by atoms with Gasteiger partial charge in [-0.05, 0) is 48.5 Å². The van der Waals surface area contributed by atoms with Crippen LogP contribution >= 0.6 is 0 Å². The van der Waals surface area contributed by atoms with E-state index in [-0.39, 0.29) is 27.6 Å². The number of carbonyl (C=O) groups is 1. The van der Waals surface area contributed by atoms with E-state index in [1.54, 1.807) is 30.3 Å². The molecule has 0 aliphatic heterocycles. The van der Waals surface area contributed by atoms with Gasteiger partial charge < -0.3 is 10.1 Å². The summed E-state index contributed by atoms with van der Waals surface area (Å²) in [4.78, 5) is 12.6. The average Bonchev–Trinajstić information content (AvgIpc) is 2.74. The molecule has 0 heterocycles. The zero-order valence-electron chi connectivity index (χ0n) is 15.9. The van der Waals surface area contributed by atoms with Crippen molar-refractivity contribution in [2.75, 3.05) is 16.6 Å². The number of hydrogen-bond donors (Lipinski definition) is 2. The van der Waals surface area contributed by atoms with Crippen LogP contribution in [0.4, 0.5) is 24.5 Å². The molecule has 0 aliphatic carbocycles. The second-order valence-corrected chi connectivity index (χ2v) is 8.03. The maximum atomic E-state index is 12.6. The Hall–Kier alpha value is -3.53. The summed E-state index contributed by atoms with van der Waals surface area (Å²) in [6.07, 6.45) is -4.47. The van der Waals surface area contributed by atoms with E-state index in [1.807, 2.05) is 0 Å². The predicted molar refractivity (Wildman–Crippen MR) is 110 cm³/mol. The Morgan fingerprint density at radius 2 is 1.42 bits per heavy atom. The lowest BCUT2D eigenvalue weighted by molar-refractivity contribution is -0.153. The number of nitrogens with one attached hydrogen (secondary N) is 2. The third kappa shape index (κ3) is 6.22. The highest BCUT2D eigenvalue weighted by atomic mass is 32.2. The van der Waals surface area contributed by atoms with Gasteiger partial charge in [-0.1, -0.05) is 30.3 Å². The smallest absolute Gasteiger partial charge is 0.422 e. The fourth-order valence-electron chi connectivity index (χ4n) is 2.55. The minimum absolute atomic E-state index is 0.0371. The highest BCUT2D eigenvalue weighted by Crippen LogP contribution is 2.25. The number of halogens is 3. The Bertz CT molecular complexity index is 1150. The van der Waals surface area contributed by atoms with Crippen LogP contribution in [0.15, 0.2) is 83.8 Å². The van der Waals surface area contributed by atoms with Crippen molar-refractivity contribution in [2.45, 2.75) is 11.1 Å². The first-order valence-electron chi connectivity index (χ1n) is 8.92. The summed E-state index contributed by atoms with van der Waals surface area (Å²) in [5.41, 5.74) is 0.523. The number of rotatable bonds is 7. The molecule has 0 radical (unpaired) electrons. The molecular weight excluding hydrogens is 433 g/mol. The molecule has 2 N–H and O–H groups in total. The fraction of sp³-hybridized carbons (Fsp3) is 0.0952. The molecule has 1 amide bonds. The van der Waals surface area contributed by atoms with E-state index in [1.165, 1.54) is 48.5 Å². The van der Waals surface area contributed by atoms with Gasteiger partial charge in [-0.2, -0.15) is 13.2 Å². The van der Waals surface area contributed by atoms with E-state index in [4.69, 9.17) is 0 Å². The molecule has 0 fully saturated rings. The number of anilines is 2. The first-order valence-corrected chi connectivity index (χ1v) is 10.4. The molecule has 0 spiro atoms. The molecule has 0 bridgehead atoms. The molecule has 3 aromatic rings. The molecule has 10 heteroatoms. The summed E-state index contributed by atoms with van der Waals surface area (Å²) in [6, 6.07) is 19.0. The zero-order chi connectivity index (χ0) is 22.5. The second kappa shape index (κ2) is 9.09. The van der Waals surface area contributed by atoms with Crippen LogP contribution in [-0.4, -0.2) is 27.1 Å². The molecule has 0 saturated carbocycles. The van der Waals surface area contributed by atoms with E-state index in [0.29, 0.717) is 0 Å². The van der Waals surface area contributed by atoms with Crippen LogP contribution < -0.4 is 14.8 Å². The summed E-state index contributed by atoms with van der Waals surface area (Å²) in [5, 5.41) is 2.59. The van der Waals surface area contributed by atoms with Crippen molar-refractivity contribution >= 4 is 27.3 Å². The lowest BCUT2D eigenvalue weighted by Gasteiger charge is -2.14. The first-order chi connectivity index (χ1) is 14.6. The molecule has 3 rings (SSSR count). The molecule has 0 unspecified atom stereocenters. The van der Waals surface area contributed by atoms with Crippen molar-refractivity contribution in [2.24, 2.45) is 0 Å². The van der Waals surface area contributed by atoms with Crippen LogP contribution in [0.25, 0.3) is 0 Å². The van der Waals surface area contributed by atoms with Gasteiger partial charge in [0.05, 0.1) is 16.3 Å². The van der Waals surface area contributed by atoms with Crippen molar-refractivity contribution in [3.05, 3.63) is 84.4 Å². The van der Waals surface area contributed by atoms with Gasteiger partial charge in [0, 0.05) is 5.56 Å². The first kappa shape index (κ1) is 22.2. The molecule has 6 nitrogen and oxygen atoms in total. The van der Waals surface area contributed by atoms with E-state index < -0.39 is 28.7 Å². The average molecular weight is 450 g/mol. The van der Waals surface area contributed by atoms with Crippen LogP contribution in [0.1, 0.15) is 10.4 Å². The quantitative estimate of drug-likeness (QED) is 0.548. The summed E-state index contributed by atoms with van der Waals surface area (Å²) < 4.78 is 68.8. The monoisotopic (exact) mass is 450 g/mol. The molecule has 162 valence electrons. The zero-order valence-corrected chi connectivity index (χ0v) is 16.7. The lowest BCUT2D eigenvalue weighted by Crippen LogP contribution is -2.19. The van der Waals surface area contributed by atoms with Crippen LogP contribution in [0.2, 0.25) is 0 Å². The number of alkyl halides is 3. The van der Waals surface area contributed by atoms with E-state index in [2.05, 4.69) is 14.8 Å². The van der Waals surface area contributed by atoms with Crippen molar-refractivity contribution < 1.29 is 31.1 Å². The fourth-order valence-corrected chi connectivity index (χ4v) is 3.65. The summed E-state index contributed by atoms with van der Waals surface area (Å²) >= 11 is 0. The topological polar surface area (TPSA) is 84.5 Å². The predicted octanol–water partition coefficient (Wildman–Crippen LogP) is 4.68. The molecule has 0 aliphatic rings. The highest BCUT2D eigenvalue weighted by Gasteiger charge is 2.28. The number of benzene rings is 3. The van der Waals surface area contributed by atoms with Crippen LogP contribution in [-0.2, 0) is 10.0 Å². The van der Waals surface area contributed by atoms with Gasteiger partial charge in [-0.15, -0.1) is 0 Å². The number of para-hydroxylation sites is 2. The normalized spacial score (nSPS) is 11.6. The van der Waals surface area contributed by atoms with Gasteiger partial charge in [0.25, 0.3) is 15.9 Å². The van der Waals surface area contributed by atoms with Crippen LogP contribution in [0.3, 0.4) is 0 Å². The number of carbonyl (C=O) groups excluding carboxylic acids is 1. The van der Waals surface area contributed by atoms with Gasteiger partial charge in [-0.3, -0.25) is 9.52 Å². The Morgan fingerprint density at radius 1 is 0.839 bits per heavy atom. The summed E-state index contributed by atoms with van der Waals surface area (Å²) in [7, 11) is -3.87. The molecule has 0 saturated heterocycles. The van der Waals surface area contributed by atoms with Crippen LogP contribution in [0, 0.1) is 0 Å². The van der Waals surface area contributed by atoms with Crippen molar-refractivity contribution in [3.8, 4) is 5.75 Å². The molecular formula is C21H17F3N2O4S. The minimum atomic E-state index is -4.47. The second-order valence-electron chi connectivity index (χ2n) is 6.35. The van der Waals surface area contributed by atoms with Gasteiger partial charge in [-0.25, -0.2) is 8.42 Å². The molecule has 0 aromatic heterocycles. The Balaban J connectivity index is 1.73. The van der Waals surface area contributed by atoms with Gasteiger partial charge in [0.2, 0.25) is 0 Å².